The zero-order chi connectivity index (χ0) is 21.8. The largest absolute Gasteiger partial charge is 0.352 e. The molecular weight excluding hydrogens is 396 g/mol. The molecule has 3 rings (SSSR count). The number of rotatable bonds is 5. The fraction of sp³-hybridized carbons (Fsp3) is 0.696. The molecule has 1 aromatic rings. The minimum Gasteiger partial charge on any atom is -0.352 e. The van der Waals surface area contributed by atoms with E-state index >= 15 is 0 Å². The maximum Gasteiger partial charge on any atom is 0.193 e. The Bertz CT molecular complexity index is 845. The van der Waals surface area contributed by atoms with Gasteiger partial charge in [-0.05, 0) is 44.9 Å². The van der Waals surface area contributed by atoms with Crippen LogP contribution in [0.5, 0.6) is 0 Å². The number of hydrogen-bond donors (Lipinski definition) is 1. The molecule has 30 heavy (non-hydrogen) atoms. The zero-order valence-corrected chi connectivity index (χ0v) is 19.8. The topological polar surface area (TPSA) is 65.0 Å². The normalized spacial score (nSPS) is 22.3. The van der Waals surface area contributed by atoms with Crippen LogP contribution in [0.15, 0.2) is 29.3 Å². The summed E-state index contributed by atoms with van der Waals surface area (Å²) < 4.78 is 23.9. The van der Waals surface area contributed by atoms with Gasteiger partial charge >= 0.3 is 0 Å². The summed E-state index contributed by atoms with van der Waals surface area (Å²) in [6, 6.07) is 9.27. The molecule has 6 nitrogen and oxygen atoms in total. The highest BCUT2D eigenvalue weighted by Gasteiger charge is 2.40. The first-order valence-corrected chi connectivity index (χ1v) is 12.8. The Morgan fingerprint density at radius 3 is 2.50 bits per heavy atom. The molecule has 0 radical (unpaired) electrons. The fourth-order valence-corrected chi connectivity index (χ4v) is 6.00. The van der Waals surface area contributed by atoms with Gasteiger partial charge in [0.05, 0.1) is 10.5 Å². The third-order valence-electron chi connectivity index (χ3n) is 6.73. The van der Waals surface area contributed by atoms with Crippen LogP contribution in [0, 0.1) is 0 Å². The summed E-state index contributed by atoms with van der Waals surface area (Å²) in [4.78, 5) is 9.00. The van der Waals surface area contributed by atoms with Crippen molar-refractivity contribution >= 4 is 15.8 Å². The fourth-order valence-electron chi connectivity index (χ4n) is 4.63. The van der Waals surface area contributed by atoms with Gasteiger partial charge in [0.1, 0.15) is 0 Å². The molecule has 0 atom stereocenters. The van der Waals surface area contributed by atoms with Crippen LogP contribution in [0.3, 0.4) is 0 Å². The lowest BCUT2D eigenvalue weighted by Crippen LogP contribution is -2.57. The molecule has 168 valence electrons. The summed E-state index contributed by atoms with van der Waals surface area (Å²) >= 11 is 0. The van der Waals surface area contributed by atoms with Gasteiger partial charge in [-0.15, -0.1) is 0 Å². The monoisotopic (exact) mass is 434 g/mol. The zero-order valence-electron chi connectivity index (χ0n) is 19.0. The quantitative estimate of drug-likeness (QED) is 0.570. The number of hydrogen-bond acceptors (Lipinski definition) is 4. The molecule has 2 aliphatic rings. The van der Waals surface area contributed by atoms with Crippen molar-refractivity contribution in [1.82, 2.24) is 15.1 Å². The molecule has 1 heterocycles. The molecule has 1 saturated carbocycles. The minimum absolute atomic E-state index is 0.170. The maximum absolute atomic E-state index is 12.3. The molecule has 1 saturated heterocycles. The van der Waals surface area contributed by atoms with Gasteiger partial charge in [-0.3, -0.25) is 9.89 Å². The Kier molecular flexibility index (Phi) is 7.45. The van der Waals surface area contributed by atoms with Crippen molar-refractivity contribution in [1.29, 1.82) is 0 Å². The Labute approximate surface area is 182 Å². The van der Waals surface area contributed by atoms with Crippen molar-refractivity contribution in [3.8, 4) is 0 Å². The summed E-state index contributed by atoms with van der Waals surface area (Å²) in [7, 11) is 0.947. The van der Waals surface area contributed by atoms with E-state index in [1.807, 2.05) is 0 Å². The number of nitrogens with zero attached hydrogens (tertiary/aromatic N) is 3. The SMILES string of the molecule is CN=C(NCc1ccccc1CN(C)C1CCCCC1)N1CCS(=O)(=O)C(C)(C)C1. The highest BCUT2D eigenvalue weighted by atomic mass is 32.2. The predicted octanol–water partition coefficient (Wildman–Crippen LogP) is 3.04. The summed E-state index contributed by atoms with van der Waals surface area (Å²) in [5.74, 6) is 0.942. The van der Waals surface area contributed by atoms with E-state index in [1.54, 1.807) is 20.9 Å². The number of sulfone groups is 1. The van der Waals surface area contributed by atoms with E-state index in [0.29, 0.717) is 25.7 Å². The van der Waals surface area contributed by atoms with Crippen molar-refractivity contribution in [3.63, 3.8) is 0 Å². The molecule has 0 aromatic heterocycles. The van der Waals surface area contributed by atoms with Crippen molar-refractivity contribution in [2.45, 2.75) is 69.8 Å². The molecule has 0 amide bonds. The van der Waals surface area contributed by atoms with Crippen molar-refractivity contribution in [2.24, 2.45) is 4.99 Å². The Hall–Kier alpha value is -1.60. The summed E-state index contributed by atoms with van der Waals surface area (Å²) in [6.45, 7) is 6.19. The van der Waals surface area contributed by atoms with Crippen LogP contribution in [-0.2, 0) is 22.9 Å². The molecule has 1 N–H and O–H groups in total. The minimum atomic E-state index is -3.06. The van der Waals surface area contributed by atoms with Gasteiger partial charge in [-0.1, -0.05) is 43.5 Å². The van der Waals surface area contributed by atoms with Gasteiger partial charge in [0.15, 0.2) is 15.8 Å². The van der Waals surface area contributed by atoms with Gasteiger partial charge in [-0.2, -0.15) is 0 Å². The molecular formula is C23H38N4O2S. The first-order valence-electron chi connectivity index (χ1n) is 11.2. The highest BCUT2D eigenvalue weighted by Crippen LogP contribution is 2.25. The number of benzene rings is 1. The maximum atomic E-state index is 12.3. The van der Waals surface area contributed by atoms with Crippen LogP contribution in [0.1, 0.15) is 57.1 Å². The van der Waals surface area contributed by atoms with E-state index in [9.17, 15) is 8.42 Å². The third kappa shape index (κ3) is 5.35. The first kappa shape index (κ1) is 23.1. The molecule has 1 aromatic carbocycles. The van der Waals surface area contributed by atoms with E-state index < -0.39 is 14.6 Å². The Morgan fingerprint density at radius 2 is 1.87 bits per heavy atom. The van der Waals surface area contributed by atoms with Crippen LogP contribution in [0.25, 0.3) is 0 Å². The molecule has 1 aliphatic heterocycles. The van der Waals surface area contributed by atoms with Gasteiger partial charge in [0, 0.05) is 39.3 Å². The molecule has 1 aliphatic carbocycles. The van der Waals surface area contributed by atoms with E-state index in [0.717, 1.165) is 12.5 Å². The average molecular weight is 435 g/mol. The van der Waals surface area contributed by atoms with E-state index in [1.165, 1.54) is 43.2 Å². The second-order valence-electron chi connectivity index (χ2n) is 9.38. The lowest BCUT2D eigenvalue weighted by atomic mass is 9.94. The highest BCUT2D eigenvalue weighted by molar-refractivity contribution is 7.92. The van der Waals surface area contributed by atoms with Gasteiger partial charge < -0.3 is 10.2 Å². The average Bonchev–Trinajstić information content (AvgIpc) is 2.72. The standard InChI is InChI=1S/C23H38N4O2S/c1-23(2)18-27(14-15-30(23,28)29)22(24-3)25-16-19-10-8-9-11-20(19)17-26(4)21-12-6-5-7-13-21/h8-11,21H,5-7,12-18H2,1-4H3,(H,24,25). The van der Waals surface area contributed by atoms with E-state index in [-0.39, 0.29) is 5.75 Å². The van der Waals surface area contributed by atoms with E-state index in [2.05, 4.69) is 51.4 Å². The predicted molar refractivity (Wildman–Crippen MR) is 124 cm³/mol. The summed E-state index contributed by atoms with van der Waals surface area (Å²) in [5.41, 5.74) is 2.61. The lowest BCUT2D eigenvalue weighted by Gasteiger charge is -2.39. The number of guanidine groups is 1. The van der Waals surface area contributed by atoms with Gasteiger partial charge in [-0.25, -0.2) is 8.42 Å². The van der Waals surface area contributed by atoms with Crippen molar-refractivity contribution in [3.05, 3.63) is 35.4 Å². The second kappa shape index (κ2) is 9.69. The smallest absolute Gasteiger partial charge is 0.193 e. The Balaban J connectivity index is 1.64. The van der Waals surface area contributed by atoms with Crippen LogP contribution in [-0.4, -0.2) is 67.9 Å². The molecule has 7 heteroatoms. The van der Waals surface area contributed by atoms with Gasteiger partial charge in [0.25, 0.3) is 0 Å². The van der Waals surface area contributed by atoms with Crippen LogP contribution < -0.4 is 5.32 Å². The third-order valence-corrected chi connectivity index (χ3v) is 9.26. The second-order valence-corrected chi connectivity index (χ2v) is 12.1. The number of nitrogens with one attached hydrogen (secondary N) is 1. The van der Waals surface area contributed by atoms with Crippen molar-refractivity contribution in [2.75, 3.05) is 32.9 Å². The van der Waals surface area contributed by atoms with Gasteiger partial charge in [0.2, 0.25) is 0 Å². The summed E-state index contributed by atoms with van der Waals surface area (Å²) in [6.07, 6.45) is 6.67. The Morgan fingerprint density at radius 1 is 1.20 bits per heavy atom. The molecule has 0 bridgehead atoms. The summed E-state index contributed by atoms with van der Waals surface area (Å²) in [5, 5.41) is 3.48. The van der Waals surface area contributed by atoms with Crippen molar-refractivity contribution < 1.29 is 8.42 Å². The van der Waals surface area contributed by atoms with E-state index in [4.69, 9.17) is 0 Å². The molecule has 2 fully saturated rings. The molecule has 0 spiro atoms. The van der Waals surface area contributed by atoms with Crippen LogP contribution >= 0.6 is 0 Å². The lowest BCUT2D eigenvalue weighted by molar-refractivity contribution is 0.184. The molecule has 0 unspecified atom stereocenters. The first-order chi connectivity index (χ1) is 14.2. The van der Waals surface area contributed by atoms with Crippen LogP contribution in [0.2, 0.25) is 0 Å². The number of aliphatic imine (C=N–C) groups is 1. The van der Waals surface area contributed by atoms with Crippen LogP contribution in [0.4, 0.5) is 0 Å².